The molecule has 4 heteroatoms. The zero-order chi connectivity index (χ0) is 14.6. The molecule has 0 bridgehead atoms. The Morgan fingerprint density at radius 1 is 1.45 bits per heavy atom. The Labute approximate surface area is 120 Å². The molecule has 1 amide bonds. The Morgan fingerprint density at radius 2 is 2.15 bits per heavy atom. The predicted octanol–water partition coefficient (Wildman–Crippen LogP) is 1.97. The lowest BCUT2D eigenvalue weighted by Gasteiger charge is -2.30. The molecule has 0 saturated heterocycles. The van der Waals surface area contributed by atoms with Crippen molar-refractivity contribution in [3.63, 3.8) is 0 Å². The molecule has 0 aromatic heterocycles. The van der Waals surface area contributed by atoms with E-state index < -0.39 is 6.04 Å². The summed E-state index contributed by atoms with van der Waals surface area (Å²) < 4.78 is 5.32. The van der Waals surface area contributed by atoms with Gasteiger partial charge in [0.2, 0.25) is 5.91 Å². The summed E-state index contributed by atoms with van der Waals surface area (Å²) in [5.41, 5.74) is 6.89. The third-order valence-corrected chi connectivity index (χ3v) is 4.26. The fourth-order valence-corrected chi connectivity index (χ4v) is 2.99. The van der Waals surface area contributed by atoms with E-state index in [-0.39, 0.29) is 11.3 Å². The van der Waals surface area contributed by atoms with Gasteiger partial charge in [0, 0.05) is 12.0 Å². The highest BCUT2D eigenvalue weighted by molar-refractivity contribution is 5.81. The second-order valence-corrected chi connectivity index (χ2v) is 5.73. The minimum absolute atomic E-state index is 0.0269. The first kappa shape index (κ1) is 14.9. The highest BCUT2D eigenvalue weighted by Gasteiger charge is 2.36. The topological polar surface area (TPSA) is 64.3 Å². The zero-order valence-electron chi connectivity index (χ0n) is 12.3. The number of rotatable bonds is 5. The van der Waals surface area contributed by atoms with E-state index in [0.717, 1.165) is 18.6 Å². The van der Waals surface area contributed by atoms with Crippen LogP contribution in [-0.4, -0.2) is 25.6 Å². The van der Waals surface area contributed by atoms with Crippen LogP contribution in [0.2, 0.25) is 0 Å². The summed E-state index contributed by atoms with van der Waals surface area (Å²) in [7, 11) is 1.68. The molecule has 1 aromatic carbocycles. The van der Waals surface area contributed by atoms with Crippen molar-refractivity contribution in [2.75, 3.05) is 13.7 Å². The molecule has 1 saturated carbocycles. The number of carbonyl (C=O) groups excluding carboxylic acids is 1. The lowest BCUT2D eigenvalue weighted by atomic mass is 9.78. The molecule has 4 nitrogen and oxygen atoms in total. The molecule has 3 N–H and O–H groups in total. The van der Waals surface area contributed by atoms with Gasteiger partial charge < -0.3 is 15.8 Å². The van der Waals surface area contributed by atoms with Crippen LogP contribution in [0.25, 0.3) is 0 Å². The van der Waals surface area contributed by atoms with Gasteiger partial charge in [0.15, 0.2) is 0 Å². The first-order valence-corrected chi connectivity index (χ1v) is 7.25. The van der Waals surface area contributed by atoms with Crippen molar-refractivity contribution >= 4 is 5.91 Å². The Balaban J connectivity index is 2.18. The van der Waals surface area contributed by atoms with Crippen LogP contribution in [0.4, 0.5) is 0 Å². The van der Waals surface area contributed by atoms with Crippen LogP contribution < -0.4 is 15.8 Å². The molecular weight excluding hydrogens is 252 g/mol. The Bertz CT molecular complexity index is 465. The molecule has 0 spiro atoms. The van der Waals surface area contributed by atoms with E-state index in [2.05, 4.69) is 17.4 Å². The summed E-state index contributed by atoms with van der Waals surface area (Å²) in [5.74, 6) is 0.784. The molecule has 0 unspecified atom stereocenters. The van der Waals surface area contributed by atoms with Gasteiger partial charge in [-0.1, -0.05) is 25.0 Å². The average Bonchev–Trinajstić information content (AvgIpc) is 2.95. The molecule has 1 aliphatic carbocycles. The fourth-order valence-electron chi connectivity index (χ4n) is 2.99. The van der Waals surface area contributed by atoms with Gasteiger partial charge in [0.25, 0.3) is 0 Å². The average molecular weight is 276 g/mol. The van der Waals surface area contributed by atoms with Crippen LogP contribution in [0.15, 0.2) is 24.3 Å². The summed E-state index contributed by atoms with van der Waals surface area (Å²) in [6.45, 7) is 2.36. The fraction of sp³-hybridized carbons (Fsp3) is 0.562. The third-order valence-electron chi connectivity index (χ3n) is 4.26. The molecule has 1 aromatic rings. The molecule has 0 radical (unpaired) electrons. The Hall–Kier alpha value is -1.55. The zero-order valence-corrected chi connectivity index (χ0v) is 12.3. The van der Waals surface area contributed by atoms with Gasteiger partial charge in [-0.3, -0.25) is 4.79 Å². The quantitative estimate of drug-likeness (QED) is 0.864. The predicted molar refractivity (Wildman–Crippen MR) is 79.8 cm³/mol. The highest BCUT2D eigenvalue weighted by atomic mass is 16.5. The van der Waals surface area contributed by atoms with Crippen LogP contribution in [0.3, 0.4) is 0 Å². The lowest BCUT2D eigenvalue weighted by Crippen LogP contribution is -2.45. The second-order valence-electron chi connectivity index (χ2n) is 5.73. The van der Waals surface area contributed by atoms with E-state index in [1.54, 1.807) is 14.0 Å². The van der Waals surface area contributed by atoms with Gasteiger partial charge >= 0.3 is 0 Å². The van der Waals surface area contributed by atoms with Crippen LogP contribution >= 0.6 is 0 Å². The van der Waals surface area contributed by atoms with Crippen molar-refractivity contribution in [3.8, 4) is 5.75 Å². The number of ether oxygens (including phenoxy) is 1. The van der Waals surface area contributed by atoms with Gasteiger partial charge in [-0.25, -0.2) is 0 Å². The number of methoxy groups -OCH3 is 1. The monoisotopic (exact) mass is 276 g/mol. The van der Waals surface area contributed by atoms with E-state index in [1.165, 1.54) is 18.4 Å². The number of hydrogen-bond donors (Lipinski definition) is 2. The Kier molecular flexibility index (Phi) is 4.65. The van der Waals surface area contributed by atoms with E-state index in [4.69, 9.17) is 10.5 Å². The van der Waals surface area contributed by atoms with Crippen molar-refractivity contribution in [2.24, 2.45) is 5.73 Å². The number of hydrogen-bond acceptors (Lipinski definition) is 3. The highest BCUT2D eigenvalue weighted by Crippen LogP contribution is 2.41. The number of amides is 1. The number of nitrogens with two attached hydrogens (primary N) is 1. The summed E-state index contributed by atoms with van der Waals surface area (Å²) >= 11 is 0. The SMILES string of the molecule is COc1cccc(C2(CNC(=O)[C@@H](C)N)CCCC2)c1. The molecule has 1 aliphatic rings. The number of nitrogens with one attached hydrogen (secondary N) is 1. The molecule has 110 valence electrons. The largest absolute Gasteiger partial charge is 0.497 e. The van der Waals surface area contributed by atoms with Gasteiger partial charge in [0.05, 0.1) is 13.2 Å². The summed E-state index contributed by atoms with van der Waals surface area (Å²) in [6, 6.07) is 7.72. The van der Waals surface area contributed by atoms with Crippen molar-refractivity contribution < 1.29 is 9.53 Å². The molecule has 20 heavy (non-hydrogen) atoms. The van der Waals surface area contributed by atoms with Crippen molar-refractivity contribution in [1.82, 2.24) is 5.32 Å². The van der Waals surface area contributed by atoms with E-state index >= 15 is 0 Å². The van der Waals surface area contributed by atoms with Crippen LogP contribution in [-0.2, 0) is 10.2 Å². The molecule has 1 atom stereocenters. The first-order chi connectivity index (χ1) is 9.57. The van der Waals surface area contributed by atoms with Crippen molar-refractivity contribution in [2.45, 2.75) is 44.1 Å². The maximum Gasteiger partial charge on any atom is 0.236 e. The second kappa shape index (κ2) is 6.27. The van der Waals surface area contributed by atoms with Crippen LogP contribution in [0.1, 0.15) is 38.2 Å². The van der Waals surface area contributed by atoms with Crippen LogP contribution in [0, 0.1) is 0 Å². The van der Waals surface area contributed by atoms with E-state index in [0.29, 0.717) is 6.54 Å². The molecular formula is C16H24N2O2. The Morgan fingerprint density at radius 3 is 2.75 bits per heavy atom. The molecule has 0 aliphatic heterocycles. The van der Waals surface area contributed by atoms with Gasteiger partial charge in [-0.15, -0.1) is 0 Å². The van der Waals surface area contributed by atoms with Gasteiger partial charge in [-0.05, 0) is 37.5 Å². The van der Waals surface area contributed by atoms with Crippen molar-refractivity contribution in [1.29, 1.82) is 0 Å². The maximum absolute atomic E-state index is 11.7. The number of carbonyl (C=O) groups is 1. The molecule has 0 heterocycles. The van der Waals surface area contributed by atoms with Crippen molar-refractivity contribution in [3.05, 3.63) is 29.8 Å². The summed E-state index contributed by atoms with van der Waals surface area (Å²) in [6.07, 6.45) is 4.59. The minimum atomic E-state index is -0.459. The van der Waals surface area contributed by atoms with Crippen LogP contribution in [0.5, 0.6) is 5.75 Å². The first-order valence-electron chi connectivity index (χ1n) is 7.25. The summed E-state index contributed by atoms with van der Waals surface area (Å²) in [4.78, 5) is 11.7. The molecule has 1 fully saturated rings. The third kappa shape index (κ3) is 3.12. The minimum Gasteiger partial charge on any atom is -0.497 e. The van der Waals surface area contributed by atoms with E-state index in [9.17, 15) is 4.79 Å². The van der Waals surface area contributed by atoms with Gasteiger partial charge in [0.1, 0.15) is 5.75 Å². The van der Waals surface area contributed by atoms with E-state index in [1.807, 2.05) is 12.1 Å². The standard InChI is InChI=1S/C16H24N2O2/c1-12(17)15(19)18-11-16(8-3-4-9-16)13-6-5-7-14(10-13)20-2/h5-7,10,12H,3-4,8-9,11,17H2,1-2H3,(H,18,19)/t12-/m1/s1. The number of benzene rings is 1. The normalized spacial score (nSPS) is 18.6. The smallest absolute Gasteiger partial charge is 0.236 e. The maximum atomic E-state index is 11.7. The molecule has 2 rings (SSSR count). The van der Waals surface area contributed by atoms with Gasteiger partial charge in [-0.2, -0.15) is 0 Å². The lowest BCUT2D eigenvalue weighted by molar-refractivity contribution is -0.122. The summed E-state index contributed by atoms with van der Waals surface area (Å²) in [5, 5.41) is 3.00.